The number of hydrogen-bond acceptors (Lipinski definition) is 10. The fourth-order valence-corrected chi connectivity index (χ4v) is 9.15. The molecule has 1 aromatic carbocycles. The number of nitrogens with zero attached hydrogens (tertiary/aromatic N) is 4. The summed E-state index contributed by atoms with van der Waals surface area (Å²) < 4.78 is 11.6. The van der Waals surface area contributed by atoms with Crippen molar-refractivity contribution in [1.82, 2.24) is 20.0 Å². The molecule has 0 saturated carbocycles. The standard InChI is InChI=1S/C43H67N5O8S/c1-11-27(3)38-41(53)48-20-12-13-34(48)42(54)56-35(43(5,6)7)22-26(2)21-31(49)24-37-44-30(25-57-37)16-19-36(50)45-33(23-29-14-17-32(55-10)18-15-29)40(52)46(8)28(4)39(51)47(38)9/h14-15,17-18,26-28,30-31,33-35,38,49H,11-13,16,19-25H2,1-10H3,(H,45,50)/t26-,27-,28-,30-,31-,33-,34-,35-,38-/m0/s1. The van der Waals surface area contributed by atoms with Crippen LogP contribution in [-0.4, -0.2) is 130 Å². The highest BCUT2D eigenvalue weighted by Crippen LogP contribution is 2.33. The highest BCUT2D eigenvalue weighted by molar-refractivity contribution is 8.14. The van der Waals surface area contributed by atoms with Gasteiger partial charge in [0.25, 0.3) is 0 Å². The number of ether oxygens (including phenoxy) is 2. The number of carbonyl (C=O) groups excluding carboxylic acids is 5. The van der Waals surface area contributed by atoms with Gasteiger partial charge < -0.3 is 34.6 Å². The van der Waals surface area contributed by atoms with Crippen molar-refractivity contribution in [3.05, 3.63) is 29.8 Å². The molecular formula is C43H67N5O8S. The van der Waals surface area contributed by atoms with Gasteiger partial charge in [-0.2, -0.15) is 0 Å². The molecule has 318 valence electrons. The number of methoxy groups -OCH3 is 1. The van der Waals surface area contributed by atoms with Crippen LogP contribution in [0, 0.1) is 17.3 Å². The maximum atomic E-state index is 14.5. The van der Waals surface area contributed by atoms with Crippen LogP contribution in [0.1, 0.15) is 105 Å². The molecule has 13 nitrogen and oxygen atoms in total. The van der Waals surface area contributed by atoms with Crippen LogP contribution in [0.3, 0.4) is 0 Å². The number of likely N-dealkylation sites (N-methyl/N-ethyl adjacent to an activating group) is 2. The van der Waals surface area contributed by atoms with Crippen LogP contribution >= 0.6 is 11.8 Å². The lowest BCUT2D eigenvalue weighted by Crippen LogP contribution is -2.59. The Morgan fingerprint density at radius 3 is 2.32 bits per heavy atom. The Hall–Kier alpha value is -3.65. The van der Waals surface area contributed by atoms with Gasteiger partial charge in [0, 0.05) is 45.7 Å². The lowest BCUT2D eigenvalue weighted by atomic mass is 9.82. The number of fused-ring (bicyclic) bond motifs is 2. The summed E-state index contributed by atoms with van der Waals surface area (Å²) in [6, 6.07) is 3.54. The topological polar surface area (TPSA) is 158 Å². The van der Waals surface area contributed by atoms with Crippen molar-refractivity contribution in [2.75, 3.05) is 33.5 Å². The van der Waals surface area contributed by atoms with Crippen LogP contribution < -0.4 is 10.1 Å². The molecule has 4 rings (SSSR count). The van der Waals surface area contributed by atoms with Crippen molar-refractivity contribution >= 4 is 46.4 Å². The van der Waals surface area contributed by atoms with Gasteiger partial charge in [0.2, 0.25) is 23.6 Å². The van der Waals surface area contributed by atoms with Crippen LogP contribution in [0.2, 0.25) is 0 Å². The van der Waals surface area contributed by atoms with E-state index in [-0.39, 0.29) is 42.5 Å². The van der Waals surface area contributed by atoms with Gasteiger partial charge in [0.05, 0.1) is 24.3 Å². The smallest absolute Gasteiger partial charge is 0.329 e. The third-order valence-electron chi connectivity index (χ3n) is 11.9. The fourth-order valence-electron chi connectivity index (χ4n) is 7.99. The van der Waals surface area contributed by atoms with Gasteiger partial charge in [-0.25, -0.2) is 4.79 Å². The SMILES string of the molecule is CC[C@H](C)[C@H]1C(=O)N2CCC[C@H]2C(=O)O[C@H](C(C)(C)C)C[C@@H](C)C[C@H](O)CC2=N[C@@H](CCC(=O)N[C@@H](Cc3ccc(OC)cc3)C(=O)N(C)[C@@H](C)C(=O)N1C)CS2. The van der Waals surface area contributed by atoms with Crippen molar-refractivity contribution in [3.63, 3.8) is 0 Å². The molecule has 2 bridgehead atoms. The molecule has 1 saturated heterocycles. The molecule has 2 N–H and O–H groups in total. The molecule has 3 aliphatic heterocycles. The molecule has 3 heterocycles. The van der Waals surface area contributed by atoms with Crippen LogP contribution in [0.15, 0.2) is 29.3 Å². The Balaban J connectivity index is 1.67. The monoisotopic (exact) mass is 813 g/mol. The van der Waals surface area contributed by atoms with Crippen LogP contribution in [0.5, 0.6) is 5.75 Å². The second-order valence-electron chi connectivity index (χ2n) is 17.5. The van der Waals surface area contributed by atoms with Gasteiger partial charge in [-0.1, -0.05) is 60.1 Å². The van der Waals surface area contributed by atoms with E-state index in [2.05, 4.69) is 5.32 Å². The first-order valence-corrected chi connectivity index (χ1v) is 21.7. The van der Waals surface area contributed by atoms with Gasteiger partial charge in [-0.3, -0.25) is 24.2 Å². The molecule has 1 aromatic rings. The summed E-state index contributed by atoms with van der Waals surface area (Å²) in [4.78, 5) is 79.7. The molecular weight excluding hydrogens is 747 g/mol. The summed E-state index contributed by atoms with van der Waals surface area (Å²) in [5, 5.41) is 14.9. The molecule has 0 unspecified atom stereocenters. The maximum absolute atomic E-state index is 14.5. The number of esters is 1. The van der Waals surface area contributed by atoms with E-state index >= 15 is 0 Å². The normalized spacial score (nSPS) is 30.2. The van der Waals surface area contributed by atoms with Gasteiger partial charge >= 0.3 is 5.97 Å². The second-order valence-corrected chi connectivity index (χ2v) is 18.6. The van der Waals surface area contributed by atoms with E-state index in [1.807, 2.05) is 53.7 Å². The quantitative estimate of drug-likeness (QED) is 0.396. The Morgan fingerprint density at radius 1 is 1.00 bits per heavy atom. The molecule has 0 aromatic heterocycles. The van der Waals surface area contributed by atoms with Gasteiger partial charge in [-0.05, 0) is 74.0 Å². The van der Waals surface area contributed by atoms with E-state index in [0.717, 1.165) is 10.6 Å². The third-order valence-corrected chi connectivity index (χ3v) is 13.1. The van der Waals surface area contributed by atoms with Crippen molar-refractivity contribution in [1.29, 1.82) is 0 Å². The molecule has 4 amide bonds. The second kappa shape index (κ2) is 20.4. The zero-order chi connectivity index (χ0) is 42.2. The third kappa shape index (κ3) is 12.2. The number of rotatable bonds is 5. The molecule has 0 spiro atoms. The van der Waals surface area contributed by atoms with Crippen molar-refractivity contribution in [2.45, 2.75) is 149 Å². The fraction of sp³-hybridized carbons (Fsp3) is 0.721. The molecule has 14 heteroatoms. The number of amides is 4. The Labute approximate surface area is 344 Å². The zero-order valence-electron chi connectivity index (χ0n) is 35.8. The van der Waals surface area contributed by atoms with Gasteiger partial charge in [0.1, 0.15) is 36.0 Å². The van der Waals surface area contributed by atoms with Crippen LogP contribution in [0.4, 0.5) is 0 Å². The Morgan fingerprint density at radius 2 is 1.68 bits per heavy atom. The Kier molecular flexibility index (Phi) is 16.4. The van der Waals surface area contributed by atoms with Crippen molar-refractivity contribution in [3.8, 4) is 5.75 Å². The number of aliphatic hydroxyl groups excluding tert-OH is 1. The predicted octanol–water partition coefficient (Wildman–Crippen LogP) is 4.87. The first-order valence-electron chi connectivity index (χ1n) is 20.7. The summed E-state index contributed by atoms with van der Waals surface area (Å²) in [5.74, 6) is -0.817. The molecule has 9 atom stereocenters. The average molecular weight is 814 g/mol. The first kappa shape index (κ1) is 46.0. The molecule has 0 radical (unpaired) electrons. The number of aliphatic imine (C=N–C) groups is 1. The summed E-state index contributed by atoms with van der Waals surface area (Å²) >= 11 is 1.59. The molecule has 57 heavy (non-hydrogen) atoms. The number of carbonyl (C=O) groups is 5. The van der Waals surface area contributed by atoms with Crippen LogP contribution in [-0.2, 0) is 35.1 Å². The minimum atomic E-state index is -0.973. The van der Waals surface area contributed by atoms with E-state index < -0.39 is 59.6 Å². The minimum Gasteiger partial charge on any atom is -0.497 e. The number of benzene rings is 1. The predicted molar refractivity (Wildman–Crippen MR) is 223 cm³/mol. The summed E-state index contributed by atoms with van der Waals surface area (Å²) in [6.45, 7) is 14.0. The maximum Gasteiger partial charge on any atom is 0.329 e. The number of hydrogen-bond donors (Lipinski definition) is 2. The van der Waals surface area contributed by atoms with Crippen molar-refractivity contribution < 1.29 is 38.6 Å². The molecule has 0 aliphatic carbocycles. The highest BCUT2D eigenvalue weighted by Gasteiger charge is 2.44. The molecule has 3 aliphatic rings. The zero-order valence-corrected chi connectivity index (χ0v) is 36.6. The van der Waals surface area contributed by atoms with Crippen LogP contribution in [0.25, 0.3) is 0 Å². The number of cyclic esters (lactones) is 1. The van der Waals surface area contributed by atoms with E-state index in [1.54, 1.807) is 49.9 Å². The summed E-state index contributed by atoms with van der Waals surface area (Å²) in [6.07, 6.45) is 2.85. The summed E-state index contributed by atoms with van der Waals surface area (Å²) in [7, 11) is 4.69. The Bertz CT molecular complexity index is 1600. The van der Waals surface area contributed by atoms with E-state index in [9.17, 15) is 29.1 Å². The number of nitrogens with one attached hydrogen (secondary N) is 1. The van der Waals surface area contributed by atoms with E-state index in [1.165, 1.54) is 16.8 Å². The largest absolute Gasteiger partial charge is 0.497 e. The number of aliphatic hydroxyl groups is 1. The first-order chi connectivity index (χ1) is 26.8. The van der Waals surface area contributed by atoms with E-state index in [4.69, 9.17) is 14.5 Å². The minimum absolute atomic E-state index is 0.0300. The highest BCUT2D eigenvalue weighted by atomic mass is 32.2. The summed E-state index contributed by atoms with van der Waals surface area (Å²) in [5.41, 5.74) is 0.406. The van der Waals surface area contributed by atoms with E-state index in [0.29, 0.717) is 63.0 Å². The lowest BCUT2D eigenvalue weighted by Gasteiger charge is -2.39. The lowest BCUT2D eigenvalue weighted by molar-refractivity contribution is -0.166. The average Bonchev–Trinajstić information content (AvgIpc) is 3.85. The van der Waals surface area contributed by atoms with Gasteiger partial charge in [0.15, 0.2) is 0 Å². The van der Waals surface area contributed by atoms with Gasteiger partial charge in [-0.15, -0.1) is 11.8 Å². The van der Waals surface area contributed by atoms with Crippen molar-refractivity contribution in [2.24, 2.45) is 22.2 Å². The number of thioether (sulfide) groups is 1. The molecule has 1 fully saturated rings.